The number of thiazole rings is 1. The predicted molar refractivity (Wildman–Crippen MR) is 113 cm³/mol. The van der Waals surface area contributed by atoms with Gasteiger partial charge in [0.1, 0.15) is 11.9 Å². The number of carbonyl (C=O) groups excluding carboxylic acids is 1. The summed E-state index contributed by atoms with van der Waals surface area (Å²) < 4.78 is 19.6. The number of esters is 1. The van der Waals surface area contributed by atoms with Crippen LogP contribution in [-0.4, -0.2) is 41.1 Å². The average Bonchev–Trinajstić information content (AvgIpc) is 3.37. The molecule has 150 valence electrons. The van der Waals surface area contributed by atoms with Crippen molar-refractivity contribution in [2.45, 2.75) is 19.4 Å². The molecule has 29 heavy (non-hydrogen) atoms. The van der Waals surface area contributed by atoms with E-state index in [0.29, 0.717) is 34.4 Å². The van der Waals surface area contributed by atoms with Gasteiger partial charge in [0.2, 0.25) is 0 Å². The molecule has 0 bridgehead atoms. The van der Waals surface area contributed by atoms with Crippen molar-refractivity contribution in [1.29, 1.82) is 5.41 Å². The number of nitrogens with zero attached hydrogens (tertiary/aromatic N) is 3. The highest BCUT2D eigenvalue weighted by molar-refractivity contribution is 9.10. The van der Waals surface area contributed by atoms with E-state index in [1.54, 1.807) is 19.2 Å². The largest absolute Gasteiger partial charge is 0.463 e. The normalized spacial score (nSPS) is 21.1. The number of carbonyl (C=O) groups is 1. The lowest BCUT2D eigenvalue weighted by atomic mass is 9.94. The predicted octanol–water partition coefficient (Wildman–Crippen LogP) is 4.33. The number of allylic oxidation sites excluding steroid dienone is 1. The van der Waals surface area contributed by atoms with Crippen LogP contribution >= 0.6 is 27.3 Å². The van der Waals surface area contributed by atoms with E-state index in [-0.39, 0.29) is 18.3 Å². The van der Waals surface area contributed by atoms with Crippen LogP contribution in [0.4, 0.5) is 4.39 Å². The quantitative estimate of drug-likeness (QED) is 0.514. The molecule has 6 nitrogen and oxygen atoms in total. The van der Waals surface area contributed by atoms with Gasteiger partial charge in [0.25, 0.3) is 0 Å². The van der Waals surface area contributed by atoms with Gasteiger partial charge in [-0.2, -0.15) is 0 Å². The van der Waals surface area contributed by atoms with Crippen LogP contribution in [0.25, 0.3) is 0 Å². The monoisotopic (exact) mass is 476 g/mol. The fourth-order valence-electron chi connectivity index (χ4n) is 3.65. The number of hydrogen-bond acceptors (Lipinski definition) is 7. The van der Waals surface area contributed by atoms with Gasteiger partial charge in [-0.1, -0.05) is 22.0 Å². The first-order chi connectivity index (χ1) is 14.0. The Kier molecular flexibility index (Phi) is 5.60. The summed E-state index contributed by atoms with van der Waals surface area (Å²) in [6, 6.07) is 3.70. The van der Waals surface area contributed by atoms with E-state index < -0.39 is 12.0 Å². The van der Waals surface area contributed by atoms with Gasteiger partial charge in [0, 0.05) is 40.4 Å². The smallest absolute Gasteiger partial charge is 0.338 e. The molecule has 9 heteroatoms. The van der Waals surface area contributed by atoms with Gasteiger partial charge in [0.05, 0.1) is 12.2 Å². The van der Waals surface area contributed by atoms with Gasteiger partial charge in [-0.3, -0.25) is 4.99 Å². The van der Waals surface area contributed by atoms with Crippen LogP contribution in [0.2, 0.25) is 0 Å². The Morgan fingerprint density at radius 1 is 1.52 bits per heavy atom. The van der Waals surface area contributed by atoms with Gasteiger partial charge in [-0.05, 0) is 31.0 Å². The van der Waals surface area contributed by atoms with Crippen molar-refractivity contribution in [3.63, 3.8) is 0 Å². The summed E-state index contributed by atoms with van der Waals surface area (Å²) in [5.74, 6) is -0.192. The van der Waals surface area contributed by atoms with Crippen molar-refractivity contribution in [2.75, 3.05) is 13.2 Å². The van der Waals surface area contributed by atoms with Crippen molar-refractivity contribution in [3.8, 4) is 0 Å². The van der Waals surface area contributed by atoms with Crippen molar-refractivity contribution >= 4 is 45.3 Å². The van der Waals surface area contributed by atoms with Gasteiger partial charge >= 0.3 is 5.97 Å². The highest BCUT2D eigenvalue weighted by atomic mass is 79.9. The second-order valence-electron chi connectivity index (χ2n) is 6.68. The zero-order valence-corrected chi connectivity index (χ0v) is 18.0. The number of nitrogens with one attached hydrogen (secondary N) is 1. The summed E-state index contributed by atoms with van der Waals surface area (Å²) >= 11 is 4.88. The maximum atomic E-state index is 13.7. The van der Waals surface area contributed by atoms with Crippen LogP contribution in [0.5, 0.6) is 0 Å². The van der Waals surface area contributed by atoms with Crippen molar-refractivity contribution in [3.05, 3.63) is 61.9 Å². The second-order valence-corrected chi connectivity index (χ2v) is 8.43. The maximum absolute atomic E-state index is 13.7. The number of benzene rings is 1. The molecule has 1 N–H and O–H groups in total. The minimum Gasteiger partial charge on any atom is -0.463 e. The van der Waals surface area contributed by atoms with E-state index >= 15 is 0 Å². The standard InChI is InChI=1S/C20H18BrFN4O2S/c1-2-28-20(27)16-15-7-11(9-23)10-26(15)18(19-24-5-6-29-19)25-17(16)13-4-3-12(22)8-14(13)21/h3-6,8-9,11,17,23H,2,7,10H2,1H3/t11-,17-/m0/s1. The van der Waals surface area contributed by atoms with Crippen molar-refractivity contribution in [1.82, 2.24) is 9.88 Å². The Hall–Kier alpha value is -2.39. The molecule has 2 aliphatic rings. The average molecular weight is 477 g/mol. The van der Waals surface area contributed by atoms with E-state index in [0.717, 1.165) is 10.7 Å². The molecule has 0 spiro atoms. The third-order valence-corrected chi connectivity index (χ3v) is 6.36. The maximum Gasteiger partial charge on any atom is 0.338 e. The highest BCUT2D eigenvalue weighted by Gasteiger charge is 2.42. The van der Waals surface area contributed by atoms with E-state index in [2.05, 4.69) is 20.9 Å². The Bertz CT molecular complexity index is 1020. The summed E-state index contributed by atoms with van der Waals surface area (Å²) in [6.07, 6.45) is 3.65. The summed E-state index contributed by atoms with van der Waals surface area (Å²) in [4.78, 5) is 24.2. The highest BCUT2D eigenvalue weighted by Crippen LogP contribution is 2.43. The van der Waals surface area contributed by atoms with Gasteiger partial charge in [-0.15, -0.1) is 11.3 Å². The lowest BCUT2D eigenvalue weighted by Gasteiger charge is -2.31. The van der Waals surface area contributed by atoms with Crippen molar-refractivity contribution in [2.24, 2.45) is 10.9 Å². The molecule has 0 radical (unpaired) electrons. The number of ether oxygens (including phenoxy) is 1. The Balaban J connectivity index is 1.92. The number of rotatable bonds is 5. The van der Waals surface area contributed by atoms with E-state index in [9.17, 15) is 9.18 Å². The summed E-state index contributed by atoms with van der Waals surface area (Å²) in [6.45, 7) is 2.55. The van der Waals surface area contributed by atoms with Gasteiger partial charge in [-0.25, -0.2) is 14.2 Å². The molecule has 3 heterocycles. The number of amidine groups is 1. The van der Waals surface area contributed by atoms with Crippen LogP contribution in [0.3, 0.4) is 0 Å². The summed E-state index contributed by atoms with van der Waals surface area (Å²) in [7, 11) is 0. The first-order valence-corrected chi connectivity index (χ1v) is 10.8. The zero-order valence-electron chi connectivity index (χ0n) is 15.6. The summed E-state index contributed by atoms with van der Waals surface area (Å²) in [5, 5.41) is 10.3. The fraction of sp³-hybridized carbons (Fsp3) is 0.300. The van der Waals surface area contributed by atoms with E-state index in [1.165, 1.54) is 29.7 Å². The number of aliphatic imine (C=N–C) groups is 1. The minimum absolute atomic E-state index is 0.0324. The zero-order chi connectivity index (χ0) is 20.5. The molecule has 2 aromatic rings. The number of aromatic nitrogens is 1. The lowest BCUT2D eigenvalue weighted by molar-refractivity contribution is -0.139. The first-order valence-electron chi connectivity index (χ1n) is 9.14. The van der Waals surface area contributed by atoms with Crippen LogP contribution in [-0.2, 0) is 9.53 Å². The molecule has 4 rings (SSSR count). The lowest BCUT2D eigenvalue weighted by Crippen LogP contribution is -2.35. The molecule has 2 atom stereocenters. The molecule has 1 aromatic heterocycles. The Morgan fingerprint density at radius 2 is 2.34 bits per heavy atom. The molecule has 0 aliphatic carbocycles. The molecule has 2 aliphatic heterocycles. The number of halogens is 2. The molecular weight excluding hydrogens is 459 g/mol. The summed E-state index contributed by atoms with van der Waals surface area (Å²) in [5.41, 5.74) is 1.90. The third-order valence-electron chi connectivity index (χ3n) is 4.90. The van der Waals surface area contributed by atoms with Crippen LogP contribution in [0, 0.1) is 17.1 Å². The first kappa shape index (κ1) is 19.9. The van der Waals surface area contributed by atoms with Gasteiger partial charge < -0.3 is 15.0 Å². The number of hydrogen-bond donors (Lipinski definition) is 1. The molecule has 0 unspecified atom stereocenters. The second kappa shape index (κ2) is 8.16. The van der Waals surface area contributed by atoms with Crippen LogP contribution in [0.1, 0.15) is 30.0 Å². The molecule has 0 saturated carbocycles. The molecule has 0 amide bonds. The molecule has 1 aromatic carbocycles. The third kappa shape index (κ3) is 3.64. The van der Waals surface area contributed by atoms with Crippen molar-refractivity contribution < 1.29 is 13.9 Å². The topological polar surface area (TPSA) is 78.6 Å². The Labute approximate surface area is 179 Å². The molecular formula is C20H18BrFN4O2S. The SMILES string of the molecule is CCOC(=O)C1=C2C[C@@H](C=N)CN2C(c2nccs2)=N[C@H]1c1ccc(F)cc1Br. The van der Waals surface area contributed by atoms with Gasteiger partial charge in [0.15, 0.2) is 10.8 Å². The molecule has 1 saturated heterocycles. The van der Waals surface area contributed by atoms with E-state index in [4.69, 9.17) is 15.1 Å². The molecule has 1 fully saturated rings. The Morgan fingerprint density at radius 3 is 3.00 bits per heavy atom. The van der Waals surface area contributed by atoms with E-state index in [1.807, 2.05) is 10.3 Å². The number of fused-ring (bicyclic) bond motifs is 1. The van der Waals surface area contributed by atoms with Crippen LogP contribution < -0.4 is 0 Å². The minimum atomic E-state index is -0.654. The van der Waals surface area contributed by atoms with Crippen LogP contribution in [0.15, 0.2) is 50.5 Å². The fourth-order valence-corrected chi connectivity index (χ4v) is 4.86.